The van der Waals surface area contributed by atoms with Gasteiger partial charge in [0.25, 0.3) is 20.2 Å². The molecule has 10 heteroatoms. The third-order valence-corrected chi connectivity index (χ3v) is 7.15. The fourth-order valence-corrected chi connectivity index (χ4v) is 4.64. The van der Waals surface area contributed by atoms with Crippen LogP contribution in [0.25, 0.3) is 44.3 Å². The van der Waals surface area contributed by atoms with Gasteiger partial charge >= 0.3 is 0 Å². The molecule has 0 radical (unpaired) electrons. The highest BCUT2D eigenvalue weighted by Gasteiger charge is 2.13. The fourth-order valence-electron chi connectivity index (χ4n) is 3.68. The van der Waals surface area contributed by atoms with Gasteiger partial charge in [0.2, 0.25) is 0 Å². The number of rotatable bonds is 4. The Labute approximate surface area is 195 Å². The zero-order valence-corrected chi connectivity index (χ0v) is 19.0. The highest BCUT2D eigenvalue weighted by Crippen LogP contribution is 2.29. The van der Waals surface area contributed by atoms with Crippen molar-refractivity contribution in [1.29, 1.82) is 0 Å². The summed E-state index contributed by atoms with van der Waals surface area (Å²) >= 11 is 0. The molecular formula is C24H16N2O6S2. The van der Waals surface area contributed by atoms with E-state index in [1.807, 2.05) is 36.4 Å². The van der Waals surface area contributed by atoms with Crippen molar-refractivity contribution in [3.8, 4) is 22.5 Å². The molecule has 0 aliphatic rings. The molecule has 0 saturated carbocycles. The van der Waals surface area contributed by atoms with Gasteiger partial charge in [0.15, 0.2) is 0 Å². The van der Waals surface area contributed by atoms with Gasteiger partial charge in [0, 0.05) is 21.9 Å². The van der Waals surface area contributed by atoms with Crippen LogP contribution in [0, 0.1) is 0 Å². The number of nitrogens with zero attached hydrogens (tertiary/aromatic N) is 2. The maximum atomic E-state index is 11.3. The third kappa shape index (κ3) is 4.15. The van der Waals surface area contributed by atoms with E-state index < -0.39 is 20.2 Å². The summed E-state index contributed by atoms with van der Waals surface area (Å²) in [6.45, 7) is 0. The lowest BCUT2D eigenvalue weighted by molar-refractivity contribution is 0.481. The SMILES string of the molecule is O=S(=O)(O)c1ccc(-c2ccc3ccc4ccc(-c5ccc(S(=O)(=O)O)cc5)nc4c3n2)cc1. The van der Waals surface area contributed by atoms with Gasteiger partial charge in [-0.3, -0.25) is 9.11 Å². The first-order chi connectivity index (χ1) is 16.1. The molecular weight excluding hydrogens is 476 g/mol. The van der Waals surface area contributed by atoms with Crippen LogP contribution in [-0.4, -0.2) is 35.9 Å². The second-order valence-electron chi connectivity index (χ2n) is 7.60. The topological polar surface area (TPSA) is 135 Å². The van der Waals surface area contributed by atoms with E-state index in [4.69, 9.17) is 9.97 Å². The van der Waals surface area contributed by atoms with Crippen molar-refractivity contribution in [2.24, 2.45) is 0 Å². The van der Waals surface area contributed by atoms with Crippen LogP contribution >= 0.6 is 0 Å². The van der Waals surface area contributed by atoms with E-state index in [-0.39, 0.29) is 9.79 Å². The summed E-state index contributed by atoms with van der Waals surface area (Å²) in [7, 11) is -8.57. The Kier molecular flexibility index (Phi) is 5.18. The van der Waals surface area contributed by atoms with Crippen molar-refractivity contribution in [2.75, 3.05) is 0 Å². The second kappa shape index (κ2) is 7.96. The smallest absolute Gasteiger partial charge is 0.282 e. The van der Waals surface area contributed by atoms with E-state index in [1.54, 1.807) is 24.3 Å². The molecule has 0 amide bonds. The summed E-state index contributed by atoms with van der Waals surface area (Å²) < 4.78 is 63.6. The molecule has 0 aliphatic heterocycles. The standard InChI is InChI=1S/C24H16N2O6S2/c27-33(28,29)19-9-3-15(4-10-19)21-13-7-17-1-2-18-8-14-22(26-24(18)23(17)25-21)16-5-11-20(12-6-16)34(30,31)32/h1-14H,(H,27,28,29)(H,30,31,32). The zero-order valence-electron chi connectivity index (χ0n) is 17.3. The van der Waals surface area contributed by atoms with Crippen molar-refractivity contribution >= 4 is 42.0 Å². The Bertz CT molecular complexity index is 1650. The van der Waals surface area contributed by atoms with Crippen molar-refractivity contribution in [3.05, 3.63) is 84.9 Å². The van der Waals surface area contributed by atoms with Gasteiger partial charge in [0.05, 0.1) is 32.2 Å². The molecule has 0 fully saturated rings. The fraction of sp³-hybridized carbons (Fsp3) is 0. The van der Waals surface area contributed by atoms with Gasteiger partial charge in [-0.05, 0) is 36.4 Å². The van der Waals surface area contributed by atoms with E-state index in [1.165, 1.54) is 24.3 Å². The molecule has 2 aromatic heterocycles. The largest absolute Gasteiger partial charge is 0.294 e. The molecule has 2 heterocycles. The molecule has 5 aromatic rings. The molecule has 170 valence electrons. The minimum Gasteiger partial charge on any atom is -0.282 e. The van der Waals surface area contributed by atoms with Gasteiger partial charge < -0.3 is 0 Å². The van der Waals surface area contributed by atoms with Gasteiger partial charge in [-0.2, -0.15) is 16.8 Å². The van der Waals surface area contributed by atoms with Crippen molar-refractivity contribution in [2.45, 2.75) is 9.79 Å². The van der Waals surface area contributed by atoms with Crippen LogP contribution in [0.5, 0.6) is 0 Å². The Morgan fingerprint density at radius 1 is 0.471 bits per heavy atom. The lowest BCUT2D eigenvalue weighted by Gasteiger charge is -2.09. The summed E-state index contributed by atoms with van der Waals surface area (Å²) in [4.78, 5) is 9.12. The first-order valence-electron chi connectivity index (χ1n) is 9.96. The quantitative estimate of drug-likeness (QED) is 0.274. The highest BCUT2D eigenvalue weighted by atomic mass is 32.2. The van der Waals surface area contributed by atoms with E-state index >= 15 is 0 Å². The maximum absolute atomic E-state index is 11.3. The summed E-state index contributed by atoms with van der Waals surface area (Å²) in [6, 6.07) is 22.8. The normalized spacial score (nSPS) is 12.3. The maximum Gasteiger partial charge on any atom is 0.294 e. The molecule has 0 aliphatic carbocycles. The molecule has 2 N–H and O–H groups in total. The van der Waals surface area contributed by atoms with E-state index in [2.05, 4.69) is 0 Å². The summed E-state index contributed by atoms with van der Waals surface area (Å²) in [6.07, 6.45) is 0. The molecule has 8 nitrogen and oxygen atoms in total. The van der Waals surface area contributed by atoms with Crippen LogP contribution in [0.3, 0.4) is 0 Å². The number of aromatic nitrogens is 2. The van der Waals surface area contributed by atoms with Crippen LogP contribution in [0.15, 0.2) is 94.7 Å². The number of fused-ring (bicyclic) bond motifs is 3. The van der Waals surface area contributed by atoms with Crippen LogP contribution in [0.2, 0.25) is 0 Å². The van der Waals surface area contributed by atoms with Crippen LogP contribution < -0.4 is 0 Å². The van der Waals surface area contributed by atoms with Gasteiger partial charge in [-0.25, -0.2) is 9.97 Å². The molecule has 3 aromatic carbocycles. The summed E-state index contributed by atoms with van der Waals surface area (Å²) in [5, 5.41) is 1.72. The van der Waals surface area contributed by atoms with Gasteiger partial charge in [-0.1, -0.05) is 48.5 Å². The van der Waals surface area contributed by atoms with Crippen LogP contribution in [0.4, 0.5) is 0 Å². The lowest BCUT2D eigenvalue weighted by Crippen LogP contribution is -1.97. The minimum atomic E-state index is -4.29. The molecule has 0 spiro atoms. The zero-order chi connectivity index (χ0) is 24.1. The average Bonchev–Trinajstić information content (AvgIpc) is 2.82. The predicted octanol–water partition coefficient (Wildman–Crippen LogP) is 4.61. The first kappa shape index (κ1) is 22.1. The molecule has 34 heavy (non-hydrogen) atoms. The van der Waals surface area contributed by atoms with E-state index in [9.17, 15) is 25.9 Å². The Hall–Kier alpha value is -3.70. The van der Waals surface area contributed by atoms with Crippen molar-refractivity contribution in [3.63, 3.8) is 0 Å². The molecule has 5 rings (SSSR count). The third-order valence-electron chi connectivity index (χ3n) is 5.42. The predicted molar refractivity (Wildman–Crippen MR) is 128 cm³/mol. The average molecular weight is 493 g/mol. The molecule has 0 atom stereocenters. The van der Waals surface area contributed by atoms with E-state index in [0.29, 0.717) is 33.5 Å². The molecule has 0 saturated heterocycles. The monoisotopic (exact) mass is 492 g/mol. The molecule has 0 unspecified atom stereocenters. The Morgan fingerprint density at radius 2 is 0.794 bits per heavy atom. The van der Waals surface area contributed by atoms with Crippen molar-refractivity contribution < 1.29 is 25.9 Å². The lowest BCUT2D eigenvalue weighted by atomic mass is 10.1. The van der Waals surface area contributed by atoms with Crippen molar-refractivity contribution in [1.82, 2.24) is 9.97 Å². The van der Waals surface area contributed by atoms with E-state index in [0.717, 1.165) is 10.8 Å². The van der Waals surface area contributed by atoms with Crippen LogP contribution in [-0.2, 0) is 20.2 Å². The number of pyridine rings is 2. The highest BCUT2D eigenvalue weighted by molar-refractivity contribution is 7.86. The summed E-state index contributed by atoms with van der Waals surface area (Å²) in [5.41, 5.74) is 3.83. The number of hydrogen-bond acceptors (Lipinski definition) is 6. The number of hydrogen-bond donors (Lipinski definition) is 2. The second-order valence-corrected chi connectivity index (χ2v) is 10.4. The number of benzene rings is 3. The van der Waals surface area contributed by atoms with Gasteiger partial charge in [0.1, 0.15) is 0 Å². The summed E-state index contributed by atoms with van der Waals surface area (Å²) in [5.74, 6) is 0. The first-order valence-corrected chi connectivity index (χ1v) is 12.8. The Balaban J connectivity index is 1.63. The Morgan fingerprint density at radius 3 is 1.12 bits per heavy atom. The molecule has 0 bridgehead atoms. The van der Waals surface area contributed by atoms with Gasteiger partial charge in [-0.15, -0.1) is 0 Å². The van der Waals surface area contributed by atoms with Crippen LogP contribution in [0.1, 0.15) is 0 Å². The minimum absolute atomic E-state index is 0.200.